The van der Waals surface area contributed by atoms with Crippen molar-refractivity contribution >= 4 is 23.6 Å². The van der Waals surface area contributed by atoms with Gasteiger partial charge in [0.1, 0.15) is 5.92 Å². The molecule has 0 aromatic heterocycles. The first-order valence-electron chi connectivity index (χ1n) is 10.1. The van der Waals surface area contributed by atoms with Crippen LogP contribution in [0.5, 0.6) is 11.5 Å². The Morgan fingerprint density at radius 3 is 2.47 bits per heavy atom. The zero-order valence-corrected chi connectivity index (χ0v) is 18.1. The summed E-state index contributed by atoms with van der Waals surface area (Å²) in [5.74, 6) is 6.18. The Hall–Kier alpha value is -2.84. The molecule has 1 aliphatic carbocycles. The van der Waals surface area contributed by atoms with Crippen LogP contribution in [0.25, 0.3) is 0 Å². The molecule has 0 saturated heterocycles. The van der Waals surface area contributed by atoms with Crippen molar-refractivity contribution in [3.05, 3.63) is 59.7 Å². The molecule has 1 fully saturated rings. The molecule has 0 aliphatic heterocycles. The molecule has 0 amide bonds. The summed E-state index contributed by atoms with van der Waals surface area (Å²) >= 11 is 5.17. The molecule has 2 unspecified atom stereocenters. The molecule has 0 spiro atoms. The average Bonchev–Trinajstić information content (AvgIpc) is 3.30. The van der Waals surface area contributed by atoms with E-state index < -0.39 is 17.8 Å². The highest BCUT2D eigenvalue weighted by Gasteiger charge is 2.29. The molecule has 1 saturated carbocycles. The topological polar surface area (TPSA) is 44.8 Å². The van der Waals surface area contributed by atoms with Crippen molar-refractivity contribution in [1.82, 2.24) is 0 Å². The highest BCUT2D eigenvalue weighted by molar-refractivity contribution is 7.79. The van der Waals surface area contributed by atoms with E-state index in [1.165, 1.54) is 25.3 Å². The predicted molar refractivity (Wildman–Crippen MR) is 121 cm³/mol. The van der Waals surface area contributed by atoms with Crippen molar-refractivity contribution in [2.45, 2.75) is 37.7 Å². The summed E-state index contributed by atoms with van der Waals surface area (Å²) in [6, 6.07) is 15.3. The van der Waals surface area contributed by atoms with Gasteiger partial charge in [-0.05, 0) is 60.9 Å². The lowest BCUT2D eigenvalue weighted by Crippen LogP contribution is -2.24. The summed E-state index contributed by atoms with van der Waals surface area (Å²) in [6.45, 7) is 0. The average molecular weight is 423 g/mol. The van der Waals surface area contributed by atoms with Crippen LogP contribution in [0, 0.1) is 17.8 Å². The van der Waals surface area contributed by atoms with Crippen LogP contribution in [0.4, 0.5) is 0 Å². The summed E-state index contributed by atoms with van der Waals surface area (Å²) in [4.78, 5) is 12.4. The van der Waals surface area contributed by atoms with Gasteiger partial charge in [-0.1, -0.05) is 48.3 Å². The van der Waals surface area contributed by atoms with E-state index in [0.29, 0.717) is 11.5 Å². The number of hydrogen-bond donors (Lipinski definition) is 0. The van der Waals surface area contributed by atoms with E-state index in [9.17, 15) is 4.79 Å². The Morgan fingerprint density at radius 2 is 1.83 bits per heavy atom. The van der Waals surface area contributed by atoms with Crippen molar-refractivity contribution < 1.29 is 19.0 Å². The third-order valence-corrected chi connectivity index (χ3v) is 5.56. The summed E-state index contributed by atoms with van der Waals surface area (Å²) in [5, 5.41) is 1.43. The fourth-order valence-corrected chi connectivity index (χ4v) is 3.90. The predicted octanol–water partition coefficient (Wildman–Crippen LogP) is 4.94. The Morgan fingerprint density at radius 1 is 1.10 bits per heavy atom. The lowest BCUT2D eigenvalue weighted by Gasteiger charge is -2.21. The van der Waals surface area contributed by atoms with Gasteiger partial charge in [0, 0.05) is 5.56 Å². The highest BCUT2D eigenvalue weighted by Crippen LogP contribution is 2.36. The number of benzene rings is 2. The molecule has 156 valence electrons. The minimum Gasteiger partial charge on any atom is -0.493 e. The van der Waals surface area contributed by atoms with Crippen molar-refractivity contribution in [2.75, 3.05) is 14.2 Å². The lowest BCUT2D eigenvalue weighted by molar-refractivity contribution is -0.143. The van der Waals surface area contributed by atoms with Crippen molar-refractivity contribution in [3.63, 3.8) is 0 Å². The molecular weight excluding hydrogens is 396 g/mol. The molecule has 1 aliphatic rings. The maximum atomic E-state index is 12.4. The second-order valence-electron chi connectivity index (χ2n) is 7.23. The summed E-state index contributed by atoms with van der Waals surface area (Å²) in [7, 11) is 2.98. The van der Waals surface area contributed by atoms with E-state index in [-0.39, 0.29) is 6.10 Å². The van der Waals surface area contributed by atoms with E-state index in [2.05, 4.69) is 11.8 Å². The first-order valence-corrected chi connectivity index (χ1v) is 10.6. The third kappa shape index (κ3) is 5.40. The van der Waals surface area contributed by atoms with Gasteiger partial charge in [-0.15, -0.1) is 0 Å². The largest absolute Gasteiger partial charge is 0.493 e. The zero-order chi connectivity index (χ0) is 21.3. The maximum Gasteiger partial charge on any atom is 0.314 e. The van der Waals surface area contributed by atoms with E-state index in [1.54, 1.807) is 7.11 Å². The van der Waals surface area contributed by atoms with Gasteiger partial charge in [0.25, 0.3) is 0 Å². The first kappa shape index (κ1) is 21.9. The summed E-state index contributed by atoms with van der Waals surface area (Å²) in [6.07, 6.45) is 4.61. The van der Waals surface area contributed by atoms with Crippen LogP contribution in [0.15, 0.2) is 48.5 Å². The van der Waals surface area contributed by atoms with Crippen LogP contribution in [0.2, 0.25) is 0 Å². The molecule has 3 rings (SSSR count). The SMILES string of the molecule is COC(=O)C(C=S)C(C#Cc1ccccc1)c1ccc(OC)c(OC2CCCC2)c1. The molecule has 2 aromatic carbocycles. The van der Waals surface area contributed by atoms with Gasteiger partial charge in [0.2, 0.25) is 0 Å². The van der Waals surface area contributed by atoms with Gasteiger partial charge in [-0.2, -0.15) is 0 Å². The third-order valence-electron chi connectivity index (χ3n) is 5.27. The first-order chi connectivity index (χ1) is 14.7. The number of ether oxygens (including phenoxy) is 3. The number of thiocarbonyl (C=S) groups is 1. The number of carbonyl (C=O) groups excluding carboxylic acids is 1. The number of rotatable bonds is 7. The molecule has 5 heteroatoms. The van der Waals surface area contributed by atoms with Gasteiger partial charge in [0.15, 0.2) is 11.5 Å². The van der Waals surface area contributed by atoms with Crippen LogP contribution >= 0.6 is 12.2 Å². The smallest absolute Gasteiger partial charge is 0.314 e. The van der Waals surface area contributed by atoms with E-state index in [0.717, 1.165) is 24.0 Å². The quantitative estimate of drug-likeness (QED) is 0.359. The summed E-state index contributed by atoms with van der Waals surface area (Å²) in [5.41, 5.74) is 1.70. The fourth-order valence-electron chi connectivity index (χ4n) is 3.63. The highest BCUT2D eigenvalue weighted by atomic mass is 32.1. The minimum absolute atomic E-state index is 0.185. The monoisotopic (exact) mass is 422 g/mol. The zero-order valence-electron chi connectivity index (χ0n) is 17.3. The van der Waals surface area contributed by atoms with Crippen molar-refractivity contribution in [2.24, 2.45) is 5.92 Å². The number of hydrogen-bond acceptors (Lipinski definition) is 5. The van der Waals surface area contributed by atoms with Crippen LogP contribution < -0.4 is 9.47 Å². The Balaban J connectivity index is 2.00. The van der Waals surface area contributed by atoms with Crippen LogP contribution in [-0.2, 0) is 9.53 Å². The van der Waals surface area contributed by atoms with Gasteiger partial charge in [-0.3, -0.25) is 4.79 Å². The van der Waals surface area contributed by atoms with Crippen LogP contribution in [0.3, 0.4) is 0 Å². The molecule has 0 N–H and O–H groups in total. The normalized spacial score (nSPS) is 15.4. The Labute approximate surface area is 183 Å². The Kier molecular flexibility index (Phi) is 7.87. The molecule has 2 aromatic rings. The van der Waals surface area contributed by atoms with E-state index >= 15 is 0 Å². The molecule has 30 heavy (non-hydrogen) atoms. The standard InChI is InChI=1S/C25H26O4S/c1-27-23-15-13-19(16-24(23)29-20-10-6-7-11-20)21(22(17-30)25(26)28-2)14-12-18-8-4-3-5-9-18/h3-5,8-9,13,15-17,20-22H,6-7,10-11H2,1-2H3. The fraction of sp³-hybridized carbons (Fsp3) is 0.360. The summed E-state index contributed by atoms with van der Waals surface area (Å²) < 4.78 is 16.7. The van der Waals surface area contributed by atoms with E-state index in [4.69, 9.17) is 26.4 Å². The van der Waals surface area contributed by atoms with Gasteiger partial charge < -0.3 is 14.2 Å². The number of carbonyl (C=O) groups is 1. The molecule has 4 nitrogen and oxygen atoms in total. The van der Waals surface area contributed by atoms with E-state index in [1.807, 2.05) is 48.5 Å². The molecule has 2 atom stereocenters. The molecule has 0 bridgehead atoms. The van der Waals surface area contributed by atoms with Gasteiger partial charge in [-0.25, -0.2) is 0 Å². The maximum absolute atomic E-state index is 12.4. The van der Waals surface area contributed by atoms with Crippen molar-refractivity contribution in [1.29, 1.82) is 0 Å². The second kappa shape index (κ2) is 10.8. The lowest BCUT2D eigenvalue weighted by atomic mass is 9.87. The second-order valence-corrected chi connectivity index (χ2v) is 7.50. The minimum atomic E-state index is -0.672. The number of methoxy groups -OCH3 is 2. The van der Waals surface area contributed by atoms with Gasteiger partial charge in [0.05, 0.1) is 26.2 Å². The van der Waals surface area contributed by atoms with Gasteiger partial charge >= 0.3 is 5.97 Å². The van der Waals surface area contributed by atoms with Crippen molar-refractivity contribution in [3.8, 4) is 23.3 Å². The molecular formula is C25H26O4S. The Bertz CT molecular complexity index is 923. The van der Waals surface area contributed by atoms with Crippen LogP contribution in [0.1, 0.15) is 42.7 Å². The molecule has 0 heterocycles. The number of esters is 1. The van der Waals surface area contributed by atoms with Crippen LogP contribution in [-0.4, -0.2) is 31.7 Å². The molecule has 0 radical (unpaired) electrons.